The quantitative estimate of drug-likeness (QED) is 0.405. The smallest absolute Gasteiger partial charge is 0.343 e. The molecule has 8 nitrogen and oxygen atoms in total. The summed E-state index contributed by atoms with van der Waals surface area (Å²) in [5.74, 6) is 1.07. The molecule has 4 aromatic rings. The molecule has 0 aliphatic heterocycles. The number of carbonyl (C=O) groups is 1. The minimum Gasteiger partial charge on any atom is -0.462 e. The standard InChI is InChI=1S/C18H16N6O2S/c1-2-26-17(25)12-9-20-15(23-16(12)24-8-7-19-11-24)10-27-18-21-13-5-3-4-6-14(13)22-18/h3-9,11H,2,10H2,1H3,(H,21,22). The molecule has 0 aliphatic carbocycles. The Morgan fingerprint density at radius 3 is 2.96 bits per heavy atom. The Balaban J connectivity index is 1.59. The molecule has 1 aromatic carbocycles. The van der Waals surface area contributed by atoms with Crippen LogP contribution >= 0.6 is 11.8 Å². The Hall–Kier alpha value is -3.20. The minimum atomic E-state index is -0.460. The molecule has 4 rings (SSSR count). The summed E-state index contributed by atoms with van der Waals surface area (Å²) in [6.07, 6.45) is 6.43. The average molecular weight is 380 g/mol. The number of ether oxygens (including phenoxy) is 1. The number of nitrogens with zero attached hydrogens (tertiary/aromatic N) is 5. The van der Waals surface area contributed by atoms with Crippen molar-refractivity contribution < 1.29 is 9.53 Å². The fourth-order valence-electron chi connectivity index (χ4n) is 2.54. The Kier molecular flexibility index (Phi) is 4.84. The van der Waals surface area contributed by atoms with Crippen LogP contribution in [0.1, 0.15) is 23.1 Å². The van der Waals surface area contributed by atoms with E-state index in [0.717, 1.165) is 16.2 Å². The van der Waals surface area contributed by atoms with Gasteiger partial charge >= 0.3 is 5.97 Å². The van der Waals surface area contributed by atoms with E-state index in [1.807, 2.05) is 24.3 Å². The van der Waals surface area contributed by atoms with Crippen molar-refractivity contribution in [3.05, 3.63) is 60.6 Å². The maximum absolute atomic E-state index is 12.2. The predicted molar refractivity (Wildman–Crippen MR) is 101 cm³/mol. The number of nitrogens with one attached hydrogen (secondary N) is 1. The van der Waals surface area contributed by atoms with Gasteiger partial charge in [0.1, 0.15) is 17.7 Å². The van der Waals surface area contributed by atoms with Crippen LogP contribution in [0.4, 0.5) is 0 Å². The van der Waals surface area contributed by atoms with Gasteiger partial charge in [-0.25, -0.2) is 24.7 Å². The van der Waals surface area contributed by atoms with E-state index >= 15 is 0 Å². The van der Waals surface area contributed by atoms with Gasteiger partial charge in [-0.1, -0.05) is 23.9 Å². The number of carbonyl (C=O) groups excluding carboxylic acids is 1. The number of hydrogen-bond acceptors (Lipinski definition) is 7. The van der Waals surface area contributed by atoms with Crippen LogP contribution in [0.3, 0.4) is 0 Å². The van der Waals surface area contributed by atoms with Crippen molar-refractivity contribution in [1.82, 2.24) is 29.5 Å². The lowest BCUT2D eigenvalue weighted by atomic mass is 10.3. The van der Waals surface area contributed by atoms with Gasteiger partial charge < -0.3 is 9.72 Å². The first kappa shape index (κ1) is 17.2. The number of benzene rings is 1. The highest BCUT2D eigenvalue weighted by Gasteiger charge is 2.17. The van der Waals surface area contributed by atoms with E-state index in [-0.39, 0.29) is 6.61 Å². The van der Waals surface area contributed by atoms with Gasteiger partial charge in [-0.2, -0.15) is 0 Å². The molecule has 0 atom stereocenters. The summed E-state index contributed by atoms with van der Waals surface area (Å²) in [5.41, 5.74) is 2.20. The first-order chi connectivity index (χ1) is 13.2. The van der Waals surface area contributed by atoms with E-state index in [1.54, 1.807) is 30.2 Å². The van der Waals surface area contributed by atoms with Gasteiger partial charge in [0.05, 0.1) is 23.4 Å². The summed E-state index contributed by atoms with van der Waals surface area (Å²) in [7, 11) is 0. The third-order valence-electron chi connectivity index (χ3n) is 3.77. The Bertz CT molecular complexity index is 1040. The molecule has 0 aliphatic rings. The Labute approximate surface area is 159 Å². The van der Waals surface area contributed by atoms with Crippen LogP contribution in [0.2, 0.25) is 0 Å². The van der Waals surface area contributed by atoms with Gasteiger partial charge in [0.25, 0.3) is 0 Å². The highest BCUT2D eigenvalue weighted by molar-refractivity contribution is 7.98. The number of imidazole rings is 2. The third kappa shape index (κ3) is 3.68. The molecule has 0 bridgehead atoms. The molecule has 0 amide bonds. The Morgan fingerprint density at radius 2 is 2.19 bits per heavy atom. The van der Waals surface area contributed by atoms with Gasteiger partial charge in [0, 0.05) is 18.6 Å². The topological polar surface area (TPSA) is 98.6 Å². The van der Waals surface area contributed by atoms with E-state index in [0.29, 0.717) is 23.0 Å². The molecule has 136 valence electrons. The number of esters is 1. The summed E-state index contributed by atoms with van der Waals surface area (Å²) >= 11 is 1.50. The van der Waals surface area contributed by atoms with Crippen LogP contribution in [0.5, 0.6) is 0 Å². The molecule has 0 unspecified atom stereocenters. The maximum Gasteiger partial charge on any atom is 0.343 e. The molecule has 3 aromatic heterocycles. The van der Waals surface area contributed by atoms with Gasteiger partial charge in [0.15, 0.2) is 11.0 Å². The lowest BCUT2D eigenvalue weighted by Gasteiger charge is -2.09. The number of aromatic nitrogens is 6. The van der Waals surface area contributed by atoms with Crippen molar-refractivity contribution in [3.8, 4) is 5.82 Å². The van der Waals surface area contributed by atoms with E-state index in [4.69, 9.17) is 4.74 Å². The molecule has 9 heteroatoms. The highest BCUT2D eigenvalue weighted by atomic mass is 32.2. The number of H-pyrrole nitrogens is 1. The minimum absolute atomic E-state index is 0.284. The number of thioether (sulfide) groups is 1. The fraction of sp³-hybridized carbons (Fsp3) is 0.167. The zero-order valence-corrected chi connectivity index (χ0v) is 15.3. The van der Waals surface area contributed by atoms with Gasteiger partial charge in [0.2, 0.25) is 0 Å². The van der Waals surface area contributed by atoms with Crippen LogP contribution in [-0.4, -0.2) is 42.1 Å². The van der Waals surface area contributed by atoms with E-state index in [1.165, 1.54) is 18.0 Å². The zero-order valence-electron chi connectivity index (χ0n) is 14.5. The van der Waals surface area contributed by atoms with Crippen molar-refractivity contribution in [2.75, 3.05) is 6.61 Å². The monoisotopic (exact) mass is 380 g/mol. The van der Waals surface area contributed by atoms with Crippen molar-refractivity contribution in [1.29, 1.82) is 0 Å². The maximum atomic E-state index is 12.2. The number of hydrogen-bond donors (Lipinski definition) is 1. The molecule has 0 radical (unpaired) electrons. The fourth-order valence-corrected chi connectivity index (χ4v) is 3.29. The molecule has 1 N–H and O–H groups in total. The summed E-state index contributed by atoms with van der Waals surface area (Å²) in [5, 5.41) is 0.790. The number of para-hydroxylation sites is 2. The average Bonchev–Trinajstić information content (AvgIpc) is 3.35. The van der Waals surface area contributed by atoms with Crippen molar-refractivity contribution >= 4 is 28.8 Å². The number of aromatic amines is 1. The van der Waals surface area contributed by atoms with E-state index in [9.17, 15) is 4.79 Å². The van der Waals surface area contributed by atoms with Crippen LogP contribution in [0.15, 0.2) is 54.3 Å². The molecule has 0 fully saturated rings. The zero-order chi connectivity index (χ0) is 18.6. The summed E-state index contributed by atoms with van der Waals surface area (Å²) in [4.78, 5) is 32.9. The molecule has 0 spiro atoms. The number of fused-ring (bicyclic) bond motifs is 1. The first-order valence-electron chi connectivity index (χ1n) is 8.33. The normalized spacial score (nSPS) is 11.0. The van der Waals surface area contributed by atoms with Crippen LogP contribution in [-0.2, 0) is 10.5 Å². The van der Waals surface area contributed by atoms with E-state index < -0.39 is 5.97 Å². The Morgan fingerprint density at radius 1 is 1.30 bits per heavy atom. The second-order valence-electron chi connectivity index (χ2n) is 5.56. The molecule has 0 saturated carbocycles. The first-order valence-corrected chi connectivity index (χ1v) is 9.32. The summed E-state index contributed by atoms with van der Waals surface area (Å²) in [6, 6.07) is 7.85. The van der Waals surface area contributed by atoms with Crippen LogP contribution < -0.4 is 0 Å². The van der Waals surface area contributed by atoms with Gasteiger partial charge in [-0.3, -0.25) is 4.57 Å². The molecule has 3 heterocycles. The second-order valence-corrected chi connectivity index (χ2v) is 6.53. The lowest BCUT2D eigenvalue weighted by molar-refractivity contribution is 0.0525. The number of rotatable bonds is 6. The van der Waals surface area contributed by atoms with Crippen molar-refractivity contribution in [2.45, 2.75) is 17.8 Å². The van der Waals surface area contributed by atoms with E-state index in [2.05, 4.69) is 24.9 Å². The van der Waals surface area contributed by atoms with Gasteiger partial charge in [-0.15, -0.1) is 0 Å². The summed E-state index contributed by atoms with van der Waals surface area (Å²) in [6.45, 7) is 2.04. The largest absolute Gasteiger partial charge is 0.462 e. The van der Waals surface area contributed by atoms with Crippen LogP contribution in [0, 0.1) is 0 Å². The SMILES string of the molecule is CCOC(=O)c1cnc(CSc2nc3ccccc3[nH]2)nc1-n1ccnc1. The summed E-state index contributed by atoms with van der Waals surface area (Å²) < 4.78 is 6.77. The molecule has 27 heavy (non-hydrogen) atoms. The predicted octanol–water partition coefficient (Wildman–Crippen LogP) is 3.01. The lowest BCUT2D eigenvalue weighted by Crippen LogP contribution is -2.13. The van der Waals surface area contributed by atoms with Crippen molar-refractivity contribution in [3.63, 3.8) is 0 Å². The van der Waals surface area contributed by atoms with Crippen molar-refractivity contribution in [2.24, 2.45) is 0 Å². The molecular weight excluding hydrogens is 364 g/mol. The molecule has 0 saturated heterocycles. The highest BCUT2D eigenvalue weighted by Crippen LogP contribution is 2.22. The second kappa shape index (κ2) is 7.58. The third-order valence-corrected chi connectivity index (χ3v) is 4.64. The van der Waals surface area contributed by atoms with Crippen LogP contribution in [0.25, 0.3) is 16.9 Å². The molecular formula is C18H16N6O2S. The van der Waals surface area contributed by atoms with Gasteiger partial charge in [-0.05, 0) is 19.1 Å².